The van der Waals surface area contributed by atoms with E-state index in [1.165, 1.54) is 22.3 Å². The fourth-order valence-corrected chi connectivity index (χ4v) is 2.61. The Balaban J connectivity index is 2.11. The first-order chi connectivity index (χ1) is 8.25. The van der Waals surface area contributed by atoms with Crippen molar-refractivity contribution < 1.29 is 10.2 Å². The van der Waals surface area contributed by atoms with Crippen LogP contribution in [0.4, 0.5) is 0 Å². The Bertz CT molecular complexity index is 559. The second-order valence-electron chi connectivity index (χ2n) is 4.46. The first-order valence-corrected chi connectivity index (χ1v) is 5.81. The molecule has 0 bridgehead atoms. The third-order valence-corrected chi connectivity index (χ3v) is 3.35. The van der Waals surface area contributed by atoms with Crippen LogP contribution in [0.15, 0.2) is 42.5 Å². The van der Waals surface area contributed by atoms with Crippen molar-refractivity contribution in [1.29, 1.82) is 0 Å². The summed E-state index contributed by atoms with van der Waals surface area (Å²) < 4.78 is 0. The fraction of sp³-hybridized carbons (Fsp3) is 0.200. The second-order valence-corrected chi connectivity index (χ2v) is 4.46. The van der Waals surface area contributed by atoms with Crippen LogP contribution in [0.3, 0.4) is 0 Å². The molecule has 0 heterocycles. The Kier molecular flexibility index (Phi) is 2.46. The number of benzene rings is 2. The summed E-state index contributed by atoms with van der Waals surface area (Å²) in [4.78, 5) is 0. The maximum Gasteiger partial charge on any atom is 0.155 e. The summed E-state index contributed by atoms with van der Waals surface area (Å²) in [6.45, 7) is 0. The number of rotatable bonds is 2. The van der Waals surface area contributed by atoms with Crippen molar-refractivity contribution in [1.82, 2.24) is 0 Å². The third-order valence-electron chi connectivity index (χ3n) is 3.35. The maximum absolute atomic E-state index is 9.11. The molecule has 2 heteroatoms. The summed E-state index contributed by atoms with van der Waals surface area (Å²) in [6.07, 6.45) is -0.0730. The molecule has 17 heavy (non-hydrogen) atoms. The minimum Gasteiger partial charge on any atom is -0.368 e. The van der Waals surface area contributed by atoms with E-state index in [1.807, 2.05) is 24.3 Å². The zero-order chi connectivity index (χ0) is 11.8. The summed E-state index contributed by atoms with van der Waals surface area (Å²) in [7, 11) is 0. The molecule has 0 saturated heterocycles. The second kappa shape index (κ2) is 3.99. The highest BCUT2D eigenvalue weighted by Crippen LogP contribution is 2.38. The molecule has 0 saturated carbocycles. The molecule has 2 N–H and O–H groups in total. The van der Waals surface area contributed by atoms with Crippen LogP contribution < -0.4 is 0 Å². The van der Waals surface area contributed by atoms with Crippen molar-refractivity contribution in [3.8, 4) is 11.1 Å². The summed E-state index contributed by atoms with van der Waals surface area (Å²) >= 11 is 0. The first-order valence-electron chi connectivity index (χ1n) is 5.81. The molecular formula is C15H14O2. The van der Waals surface area contributed by atoms with Gasteiger partial charge in [-0.15, -0.1) is 0 Å². The summed E-state index contributed by atoms with van der Waals surface area (Å²) in [5, 5.41) is 18.2. The van der Waals surface area contributed by atoms with Gasteiger partial charge < -0.3 is 10.2 Å². The van der Waals surface area contributed by atoms with Gasteiger partial charge in [-0.1, -0.05) is 42.5 Å². The van der Waals surface area contributed by atoms with Gasteiger partial charge in [0.05, 0.1) is 0 Å². The summed E-state index contributed by atoms with van der Waals surface area (Å²) in [5.74, 6) is 0. The van der Waals surface area contributed by atoms with Crippen LogP contribution >= 0.6 is 0 Å². The molecule has 2 aromatic rings. The molecule has 0 aliphatic heterocycles. The largest absolute Gasteiger partial charge is 0.368 e. The molecule has 0 aromatic heterocycles. The standard InChI is InChI=1S/C15H14O2/c16-15(17)9-11-5-3-7-13-12-6-2-1-4-10(12)8-14(11)13/h1-7,15-17H,8-9H2. The normalized spacial score (nSPS) is 12.6. The number of hydrogen-bond donors (Lipinski definition) is 2. The number of aliphatic hydroxyl groups is 2. The van der Waals surface area contributed by atoms with Gasteiger partial charge in [0.1, 0.15) is 0 Å². The van der Waals surface area contributed by atoms with Gasteiger partial charge in [0.25, 0.3) is 0 Å². The number of hydrogen-bond acceptors (Lipinski definition) is 2. The molecule has 3 rings (SSSR count). The topological polar surface area (TPSA) is 40.5 Å². The van der Waals surface area contributed by atoms with E-state index >= 15 is 0 Å². The van der Waals surface area contributed by atoms with Gasteiger partial charge in [-0.25, -0.2) is 0 Å². The van der Waals surface area contributed by atoms with E-state index in [2.05, 4.69) is 18.2 Å². The lowest BCUT2D eigenvalue weighted by molar-refractivity contribution is -0.0382. The van der Waals surface area contributed by atoms with E-state index < -0.39 is 6.29 Å². The Morgan fingerprint density at radius 3 is 2.53 bits per heavy atom. The van der Waals surface area contributed by atoms with Gasteiger partial charge in [0.2, 0.25) is 0 Å². The van der Waals surface area contributed by atoms with E-state index in [0.717, 1.165) is 12.0 Å². The van der Waals surface area contributed by atoms with Crippen molar-refractivity contribution in [3.63, 3.8) is 0 Å². The van der Waals surface area contributed by atoms with Gasteiger partial charge >= 0.3 is 0 Å². The van der Waals surface area contributed by atoms with Crippen LogP contribution in [-0.4, -0.2) is 16.5 Å². The molecule has 1 aliphatic rings. The van der Waals surface area contributed by atoms with Crippen molar-refractivity contribution in [2.75, 3.05) is 0 Å². The van der Waals surface area contributed by atoms with Crippen LogP contribution in [0.25, 0.3) is 11.1 Å². The van der Waals surface area contributed by atoms with Gasteiger partial charge in [-0.05, 0) is 34.2 Å². The molecule has 0 unspecified atom stereocenters. The van der Waals surface area contributed by atoms with Crippen LogP contribution in [0.5, 0.6) is 0 Å². The first kappa shape index (κ1) is 10.5. The zero-order valence-electron chi connectivity index (χ0n) is 9.43. The molecule has 86 valence electrons. The predicted octanol–water partition coefficient (Wildman–Crippen LogP) is 2.11. The molecule has 0 fully saturated rings. The van der Waals surface area contributed by atoms with Crippen LogP contribution in [0.1, 0.15) is 16.7 Å². The minimum absolute atomic E-state index is 0.303. The Labute approximate surface area is 100 Å². The predicted molar refractivity (Wildman–Crippen MR) is 66.6 cm³/mol. The van der Waals surface area contributed by atoms with Crippen molar-refractivity contribution in [2.24, 2.45) is 0 Å². The van der Waals surface area contributed by atoms with E-state index in [9.17, 15) is 0 Å². The highest BCUT2D eigenvalue weighted by Gasteiger charge is 2.20. The quantitative estimate of drug-likeness (QED) is 0.657. The average molecular weight is 226 g/mol. The molecule has 0 amide bonds. The van der Waals surface area contributed by atoms with Gasteiger partial charge in [-0.2, -0.15) is 0 Å². The van der Waals surface area contributed by atoms with E-state index in [-0.39, 0.29) is 0 Å². The number of aliphatic hydroxyl groups excluding tert-OH is 1. The zero-order valence-corrected chi connectivity index (χ0v) is 9.43. The lowest BCUT2D eigenvalue weighted by atomic mass is 9.99. The van der Waals surface area contributed by atoms with Crippen molar-refractivity contribution in [3.05, 3.63) is 59.2 Å². The molecule has 2 nitrogen and oxygen atoms in total. The van der Waals surface area contributed by atoms with Crippen LogP contribution in [0, 0.1) is 0 Å². The maximum atomic E-state index is 9.11. The minimum atomic E-state index is -1.27. The third kappa shape index (κ3) is 1.75. The number of fused-ring (bicyclic) bond motifs is 3. The van der Waals surface area contributed by atoms with E-state index in [1.54, 1.807) is 0 Å². The molecular weight excluding hydrogens is 212 g/mol. The molecule has 2 aromatic carbocycles. The van der Waals surface area contributed by atoms with Gasteiger partial charge in [0, 0.05) is 6.42 Å². The summed E-state index contributed by atoms with van der Waals surface area (Å²) in [5.41, 5.74) is 6.11. The van der Waals surface area contributed by atoms with E-state index in [4.69, 9.17) is 10.2 Å². The summed E-state index contributed by atoms with van der Waals surface area (Å²) in [6, 6.07) is 14.4. The highest BCUT2D eigenvalue weighted by molar-refractivity contribution is 5.77. The molecule has 0 spiro atoms. The van der Waals surface area contributed by atoms with Crippen molar-refractivity contribution >= 4 is 0 Å². The smallest absolute Gasteiger partial charge is 0.155 e. The monoisotopic (exact) mass is 226 g/mol. The lowest BCUT2D eigenvalue weighted by Crippen LogP contribution is -2.09. The van der Waals surface area contributed by atoms with Gasteiger partial charge in [-0.3, -0.25) is 0 Å². The SMILES string of the molecule is OC(O)Cc1cccc2c1Cc1ccccc1-2. The average Bonchev–Trinajstić information content (AvgIpc) is 2.68. The van der Waals surface area contributed by atoms with E-state index in [0.29, 0.717) is 6.42 Å². The van der Waals surface area contributed by atoms with Gasteiger partial charge in [0.15, 0.2) is 6.29 Å². The highest BCUT2D eigenvalue weighted by atomic mass is 16.5. The Morgan fingerprint density at radius 1 is 0.941 bits per heavy atom. The molecule has 0 atom stereocenters. The Hall–Kier alpha value is -1.64. The Morgan fingerprint density at radius 2 is 1.71 bits per heavy atom. The molecule has 1 aliphatic carbocycles. The fourth-order valence-electron chi connectivity index (χ4n) is 2.61. The lowest BCUT2D eigenvalue weighted by Gasteiger charge is -2.09. The molecule has 0 radical (unpaired) electrons. The van der Waals surface area contributed by atoms with Crippen molar-refractivity contribution in [2.45, 2.75) is 19.1 Å². The van der Waals surface area contributed by atoms with Crippen LogP contribution in [0.2, 0.25) is 0 Å². The van der Waals surface area contributed by atoms with Crippen LogP contribution in [-0.2, 0) is 12.8 Å².